The Balaban J connectivity index is 2.03. The lowest BCUT2D eigenvalue weighted by Crippen LogP contribution is -2.48. The summed E-state index contributed by atoms with van der Waals surface area (Å²) in [6, 6.07) is 3.24. The lowest BCUT2D eigenvalue weighted by molar-refractivity contribution is -0.132. The lowest BCUT2D eigenvalue weighted by Gasteiger charge is -2.30. The van der Waals surface area contributed by atoms with Crippen LogP contribution in [0, 0.1) is 6.92 Å². The van der Waals surface area contributed by atoms with Gasteiger partial charge in [-0.3, -0.25) is 9.59 Å². The number of hydrogen-bond acceptors (Lipinski definition) is 4. The average Bonchev–Trinajstić information content (AvgIpc) is 2.32. The number of likely N-dealkylation sites (tertiary alicyclic amines) is 1. The van der Waals surface area contributed by atoms with Crippen LogP contribution in [0.25, 0.3) is 0 Å². The number of aromatic nitrogens is 1. The van der Waals surface area contributed by atoms with Crippen molar-refractivity contribution in [2.24, 2.45) is 0 Å². The summed E-state index contributed by atoms with van der Waals surface area (Å²) in [7, 11) is 1.75. The van der Waals surface area contributed by atoms with Crippen LogP contribution in [0.3, 0.4) is 0 Å². The summed E-state index contributed by atoms with van der Waals surface area (Å²) in [5.74, 6) is 0.278. The van der Waals surface area contributed by atoms with Gasteiger partial charge in [-0.05, 0) is 25.5 Å². The summed E-state index contributed by atoms with van der Waals surface area (Å²) in [4.78, 5) is 29.2. The summed E-state index contributed by atoms with van der Waals surface area (Å²) in [5, 5.41) is 2.92. The van der Waals surface area contributed by atoms with Crippen molar-refractivity contribution in [3.8, 4) is 0 Å². The number of likely N-dealkylation sites (N-methyl/N-ethyl adjacent to an activating group) is 1. The molecule has 1 atom stereocenters. The molecule has 1 aliphatic heterocycles. The van der Waals surface area contributed by atoms with Crippen LogP contribution in [0.1, 0.15) is 28.9 Å². The molecule has 0 bridgehead atoms. The minimum Gasteiger partial charge on any atom is -0.384 e. The van der Waals surface area contributed by atoms with Gasteiger partial charge in [-0.1, -0.05) is 0 Å². The molecular weight excluding hydrogens is 244 g/mol. The van der Waals surface area contributed by atoms with Crippen molar-refractivity contribution in [3.05, 3.63) is 23.4 Å². The monoisotopic (exact) mass is 262 g/mol. The fraction of sp³-hybridized carbons (Fsp3) is 0.462. The van der Waals surface area contributed by atoms with Gasteiger partial charge < -0.3 is 16.0 Å². The van der Waals surface area contributed by atoms with Crippen molar-refractivity contribution in [3.63, 3.8) is 0 Å². The van der Waals surface area contributed by atoms with E-state index in [9.17, 15) is 9.59 Å². The van der Waals surface area contributed by atoms with Gasteiger partial charge >= 0.3 is 0 Å². The molecule has 102 valence electrons. The Bertz CT molecular complexity index is 495. The lowest BCUT2D eigenvalue weighted by atomic mass is 10.1. The smallest absolute Gasteiger partial charge is 0.251 e. The largest absolute Gasteiger partial charge is 0.384 e. The van der Waals surface area contributed by atoms with E-state index < -0.39 is 0 Å². The van der Waals surface area contributed by atoms with Crippen LogP contribution in [0.4, 0.5) is 5.82 Å². The number of rotatable bonds is 2. The van der Waals surface area contributed by atoms with Crippen LogP contribution in [0.15, 0.2) is 12.1 Å². The maximum atomic E-state index is 12.1. The molecule has 0 aliphatic carbocycles. The Morgan fingerprint density at radius 3 is 2.89 bits per heavy atom. The number of nitrogen functional groups attached to an aromatic ring is 1. The van der Waals surface area contributed by atoms with Gasteiger partial charge in [0.15, 0.2) is 0 Å². The van der Waals surface area contributed by atoms with Crippen LogP contribution in [-0.4, -0.2) is 41.3 Å². The molecule has 1 unspecified atom stereocenters. The predicted molar refractivity (Wildman–Crippen MR) is 71.5 cm³/mol. The van der Waals surface area contributed by atoms with Crippen molar-refractivity contribution in [2.75, 3.05) is 19.3 Å². The van der Waals surface area contributed by atoms with E-state index >= 15 is 0 Å². The van der Waals surface area contributed by atoms with Crippen LogP contribution in [0.5, 0.6) is 0 Å². The molecule has 19 heavy (non-hydrogen) atoms. The van der Waals surface area contributed by atoms with E-state index in [2.05, 4.69) is 10.3 Å². The number of pyridine rings is 1. The van der Waals surface area contributed by atoms with Crippen molar-refractivity contribution >= 4 is 17.6 Å². The third-order valence-electron chi connectivity index (χ3n) is 3.20. The second-order valence-corrected chi connectivity index (χ2v) is 4.91. The second kappa shape index (κ2) is 5.26. The number of nitrogens with zero attached hydrogens (tertiary/aromatic N) is 2. The third kappa shape index (κ3) is 3.21. The summed E-state index contributed by atoms with van der Waals surface area (Å²) >= 11 is 0. The van der Waals surface area contributed by atoms with E-state index in [0.717, 1.165) is 0 Å². The maximum Gasteiger partial charge on any atom is 0.251 e. The number of amides is 2. The van der Waals surface area contributed by atoms with Gasteiger partial charge in [0.05, 0.1) is 0 Å². The number of nitrogens with one attached hydrogen (secondary N) is 1. The molecule has 1 fully saturated rings. The number of carbonyl (C=O) groups excluding carboxylic acids is 2. The highest BCUT2D eigenvalue weighted by atomic mass is 16.2. The van der Waals surface area contributed by atoms with Crippen molar-refractivity contribution in [1.82, 2.24) is 15.2 Å². The number of carbonyl (C=O) groups is 2. The fourth-order valence-electron chi connectivity index (χ4n) is 2.22. The zero-order chi connectivity index (χ0) is 14.0. The fourth-order valence-corrected chi connectivity index (χ4v) is 2.22. The average molecular weight is 262 g/mol. The Kier molecular flexibility index (Phi) is 3.69. The SMILES string of the molecule is Cc1cc(C(=O)NC2CCC(=O)N(C)C2)cc(N)n1. The van der Waals surface area contributed by atoms with Crippen LogP contribution < -0.4 is 11.1 Å². The zero-order valence-corrected chi connectivity index (χ0v) is 11.1. The standard InChI is InChI=1S/C13H18N4O2/c1-8-5-9(6-11(14)15-8)13(19)16-10-3-4-12(18)17(2)7-10/h5-6,10H,3-4,7H2,1-2H3,(H2,14,15)(H,16,19). The zero-order valence-electron chi connectivity index (χ0n) is 11.1. The molecule has 0 aromatic carbocycles. The highest BCUT2D eigenvalue weighted by Gasteiger charge is 2.24. The van der Waals surface area contributed by atoms with E-state index in [1.54, 1.807) is 31.0 Å². The molecular formula is C13H18N4O2. The Hall–Kier alpha value is -2.11. The number of piperidine rings is 1. The molecule has 1 aliphatic rings. The van der Waals surface area contributed by atoms with E-state index in [4.69, 9.17) is 5.73 Å². The highest BCUT2D eigenvalue weighted by Crippen LogP contribution is 2.12. The molecule has 2 amide bonds. The van der Waals surface area contributed by atoms with Crippen LogP contribution in [0.2, 0.25) is 0 Å². The summed E-state index contributed by atoms with van der Waals surface area (Å²) in [5.41, 5.74) is 6.84. The number of hydrogen-bond donors (Lipinski definition) is 2. The number of aryl methyl sites for hydroxylation is 1. The topological polar surface area (TPSA) is 88.3 Å². The molecule has 2 heterocycles. The van der Waals surface area contributed by atoms with Crippen LogP contribution >= 0.6 is 0 Å². The third-order valence-corrected chi connectivity index (χ3v) is 3.20. The van der Waals surface area contributed by atoms with Crippen LogP contribution in [-0.2, 0) is 4.79 Å². The van der Waals surface area contributed by atoms with Gasteiger partial charge in [-0.25, -0.2) is 4.98 Å². The van der Waals surface area contributed by atoms with E-state index in [1.165, 1.54) is 0 Å². The molecule has 1 saturated heterocycles. The summed E-state index contributed by atoms with van der Waals surface area (Å²) in [6.07, 6.45) is 1.15. The normalized spacial score (nSPS) is 19.4. The first-order valence-corrected chi connectivity index (χ1v) is 6.24. The van der Waals surface area contributed by atoms with E-state index in [0.29, 0.717) is 36.5 Å². The minimum atomic E-state index is -0.176. The van der Waals surface area contributed by atoms with Crippen molar-refractivity contribution in [2.45, 2.75) is 25.8 Å². The molecule has 3 N–H and O–H groups in total. The second-order valence-electron chi connectivity index (χ2n) is 4.91. The molecule has 0 spiro atoms. The number of nitrogens with two attached hydrogens (primary N) is 1. The Labute approximate surface area is 112 Å². The first-order chi connectivity index (χ1) is 8.95. The maximum absolute atomic E-state index is 12.1. The molecule has 0 saturated carbocycles. The summed E-state index contributed by atoms with van der Waals surface area (Å²) < 4.78 is 0. The first-order valence-electron chi connectivity index (χ1n) is 6.24. The van der Waals surface area contributed by atoms with E-state index in [-0.39, 0.29) is 17.9 Å². The minimum absolute atomic E-state index is 0.00936. The Morgan fingerprint density at radius 2 is 2.26 bits per heavy atom. The van der Waals surface area contributed by atoms with Gasteiger partial charge in [0.1, 0.15) is 5.82 Å². The van der Waals surface area contributed by atoms with Crippen molar-refractivity contribution in [1.29, 1.82) is 0 Å². The quantitative estimate of drug-likeness (QED) is 0.803. The van der Waals surface area contributed by atoms with Gasteiger partial charge in [0.25, 0.3) is 5.91 Å². The molecule has 0 radical (unpaired) electrons. The van der Waals surface area contributed by atoms with Gasteiger partial charge in [-0.2, -0.15) is 0 Å². The molecule has 6 heteroatoms. The first kappa shape index (κ1) is 13.3. The van der Waals surface area contributed by atoms with E-state index in [1.807, 2.05) is 0 Å². The summed E-state index contributed by atoms with van der Waals surface area (Å²) in [6.45, 7) is 2.34. The van der Waals surface area contributed by atoms with Gasteiger partial charge in [0, 0.05) is 37.3 Å². The molecule has 6 nitrogen and oxygen atoms in total. The molecule has 2 rings (SSSR count). The Morgan fingerprint density at radius 1 is 1.53 bits per heavy atom. The van der Waals surface area contributed by atoms with Crippen molar-refractivity contribution < 1.29 is 9.59 Å². The predicted octanol–water partition coefficient (Wildman–Crippen LogP) is 0.323. The van der Waals surface area contributed by atoms with Gasteiger partial charge in [0.2, 0.25) is 5.91 Å². The highest BCUT2D eigenvalue weighted by molar-refractivity contribution is 5.95. The molecule has 1 aromatic heterocycles. The number of anilines is 1. The molecule has 1 aromatic rings. The van der Waals surface area contributed by atoms with Gasteiger partial charge in [-0.15, -0.1) is 0 Å².